The van der Waals surface area contributed by atoms with Crippen LogP contribution in [-0.4, -0.2) is 14.5 Å². The summed E-state index contributed by atoms with van der Waals surface area (Å²) in [4.78, 5) is 9.40. The zero-order valence-electron chi connectivity index (χ0n) is 22.5. The van der Waals surface area contributed by atoms with Crippen molar-refractivity contribution in [3.8, 4) is 28.8 Å². The fourth-order valence-electron chi connectivity index (χ4n) is 4.66. The molecular weight excluding hydrogens is 484 g/mol. The average molecular weight is 515 g/mol. The van der Waals surface area contributed by atoms with Crippen LogP contribution in [0.1, 0.15) is 35.6 Å². The summed E-state index contributed by atoms with van der Waals surface area (Å²) in [7, 11) is 1.94. The van der Waals surface area contributed by atoms with Crippen LogP contribution in [0.15, 0.2) is 72.9 Å². The van der Waals surface area contributed by atoms with Crippen LogP contribution >= 0.6 is 0 Å². The molecule has 3 N–H and O–H groups in total. The van der Waals surface area contributed by atoms with E-state index < -0.39 is 0 Å². The summed E-state index contributed by atoms with van der Waals surface area (Å²) in [5, 5.41) is 12.3. The Kier molecular flexibility index (Phi) is 7.02. The lowest BCUT2D eigenvalue weighted by Crippen LogP contribution is -2.02. The molecule has 0 fully saturated rings. The van der Waals surface area contributed by atoms with Crippen molar-refractivity contribution in [2.45, 2.75) is 27.2 Å². The number of fused-ring (bicyclic) bond motifs is 1. The third kappa shape index (κ3) is 5.18. The first kappa shape index (κ1) is 25.6. The van der Waals surface area contributed by atoms with E-state index in [1.165, 1.54) is 0 Å². The van der Waals surface area contributed by atoms with Gasteiger partial charge in [-0.15, -0.1) is 0 Å². The number of aryl methyl sites for hydroxylation is 3. The molecule has 0 aliphatic heterocycles. The van der Waals surface area contributed by atoms with Gasteiger partial charge in [0.05, 0.1) is 17.1 Å². The highest BCUT2D eigenvalue weighted by atomic mass is 16.5. The molecule has 0 saturated heterocycles. The van der Waals surface area contributed by atoms with Crippen molar-refractivity contribution in [2.24, 2.45) is 7.05 Å². The predicted molar refractivity (Wildman–Crippen MR) is 158 cm³/mol. The highest BCUT2D eigenvalue weighted by Crippen LogP contribution is 2.37. The number of allylic oxidation sites excluding steroid dienone is 1. The number of hydrogen-bond acceptors (Lipinski definition) is 6. The largest absolute Gasteiger partial charge is 0.436 e. The fourth-order valence-corrected chi connectivity index (χ4v) is 4.66. The quantitative estimate of drug-likeness (QED) is 0.216. The monoisotopic (exact) mass is 514 g/mol. The minimum atomic E-state index is 0.410. The van der Waals surface area contributed by atoms with Crippen LogP contribution in [0.4, 0.5) is 17.3 Å². The maximum atomic E-state index is 9.08. The molecular formula is C32H30N6O. The van der Waals surface area contributed by atoms with Gasteiger partial charge in [-0.1, -0.05) is 31.2 Å². The van der Waals surface area contributed by atoms with Gasteiger partial charge in [-0.3, -0.25) is 0 Å². The average Bonchev–Trinajstić information content (AvgIpc) is 3.30. The molecule has 2 heterocycles. The van der Waals surface area contributed by atoms with Crippen LogP contribution in [0.2, 0.25) is 0 Å². The molecule has 0 radical (unpaired) electrons. The number of anilines is 3. The number of aromatic nitrogens is 3. The van der Waals surface area contributed by atoms with Gasteiger partial charge in [-0.25, -0.2) is 4.98 Å². The number of benzene rings is 3. The standard InChI is InChI=1S/C32H30N6O/c1-5-6-8-26-25(9-7-10-27(26)34)23-17-20(2)30(21(3)18-23)39-31-29-28(15-16-38(29)4)36-32(37-31)35-24-13-11-22(19-33)12-14-24/h6-18H,5,34H2,1-4H3,(H,35,36,37)/b8-6-. The lowest BCUT2D eigenvalue weighted by Gasteiger charge is -2.17. The molecule has 39 heavy (non-hydrogen) atoms. The highest BCUT2D eigenvalue weighted by molar-refractivity contribution is 5.84. The second kappa shape index (κ2) is 10.7. The van der Waals surface area contributed by atoms with Crippen LogP contribution in [0.5, 0.6) is 11.6 Å². The molecule has 0 atom stereocenters. The van der Waals surface area contributed by atoms with Crippen molar-refractivity contribution in [1.29, 1.82) is 5.26 Å². The van der Waals surface area contributed by atoms with E-state index in [0.717, 1.165) is 62.4 Å². The summed E-state index contributed by atoms with van der Waals surface area (Å²) in [6.45, 7) is 6.19. The normalized spacial score (nSPS) is 11.2. The van der Waals surface area contributed by atoms with Gasteiger partial charge < -0.3 is 20.4 Å². The Balaban J connectivity index is 1.53. The topological polar surface area (TPSA) is 102 Å². The fraction of sp³-hybridized carbons (Fsp3) is 0.156. The molecule has 0 unspecified atom stereocenters. The lowest BCUT2D eigenvalue weighted by molar-refractivity contribution is 0.459. The zero-order valence-corrected chi connectivity index (χ0v) is 22.5. The van der Waals surface area contributed by atoms with Gasteiger partial charge in [-0.05, 0) is 91.1 Å². The third-order valence-electron chi connectivity index (χ3n) is 6.59. The van der Waals surface area contributed by atoms with Crippen LogP contribution in [-0.2, 0) is 7.05 Å². The van der Waals surface area contributed by atoms with E-state index in [0.29, 0.717) is 17.4 Å². The Morgan fingerprint density at radius 1 is 1.05 bits per heavy atom. The van der Waals surface area contributed by atoms with Crippen molar-refractivity contribution < 1.29 is 4.74 Å². The number of nitrogens with two attached hydrogens (primary N) is 1. The first-order valence-electron chi connectivity index (χ1n) is 12.8. The van der Waals surface area contributed by atoms with E-state index in [4.69, 9.17) is 20.7 Å². The van der Waals surface area contributed by atoms with Gasteiger partial charge in [-0.2, -0.15) is 10.2 Å². The smallest absolute Gasteiger partial charge is 0.249 e. The van der Waals surface area contributed by atoms with Crippen LogP contribution in [0.3, 0.4) is 0 Å². The molecule has 3 aromatic carbocycles. The van der Waals surface area contributed by atoms with E-state index in [9.17, 15) is 0 Å². The minimum Gasteiger partial charge on any atom is -0.436 e. The van der Waals surface area contributed by atoms with E-state index in [-0.39, 0.29) is 0 Å². The molecule has 194 valence electrons. The van der Waals surface area contributed by atoms with Gasteiger partial charge >= 0.3 is 0 Å². The number of hydrogen-bond donors (Lipinski definition) is 2. The first-order valence-corrected chi connectivity index (χ1v) is 12.8. The number of nitriles is 1. The van der Waals surface area contributed by atoms with Crippen LogP contribution < -0.4 is 15.8 Å². The van der Waals surface area contributed by atoms with Crippen molar-refractivity contribution >= 4 is 34.4 Å². The Bertz CT molecular complexity index is 1720. The summed E-state index contributed by atoms with van der Waals surface area (Å²) in [6.07, 6.45) is 7.09. The molecule has 0 spiro atoms. The van der Waals surface area contributed by atoms with Gasteiger partial charge in [0.1, 0.15) is 11.3 Å². The van der Waals surface area contributed by atoms with Gasteiger partial charge in [0.15, 0.2) is 0 Å². The molecule has 0 aliphatic carbocycles. The highest BCUT2D eigenvalue weighted by Gasteiger charge is 2.17. The summed E-state index contributed by atoms with van der Waals surface area (Å²) in [5.74, 6) is 1.62. The summed E-state index contributed by atoms with van der Waals surface area (Å²) >= 11 is 0. The zero-order chi connectivity index (χ0) is 27.5. The van der Waals surface area contributed by atoms with Crippen molar-refractivity contribution in [3.63, 3.8) is 0 Å². The molecule has 0 saturated carbocycles. The first-order chi connectivity index (χ1) is 18.9. The number of nitrogens with one attached hydrogen (secondary N) is 1. The Morgan fingerprint density at radius 2 is 1.79 bits per heavy atom. The van der Waals surface area contributed by atoms with Gasteiger partial charge in [0.25, 0.3) is 0 Å². The van der Waals surface area contributed by atoms with Crippen molar-refractivity contribution in [3.05, 3.63) is 95.2 Å². The number of ether oxygens (including phenoxy) is 1. The molecule has 0 aliphatic rings. The summed E-state index contributed by atoms with van der Waals surface area (Å²) in [6, 6.07) is 21.5. The molecule has 5 rings (SSSR count). The summed E-state index contributed by atoms with van der Waals surface area (Å²) in [5.41, 5.74) is 15.2. The van der Waals surface area contributed by atoms with E-state index in [2.05, 4.69) is 53.6 Å². The Labute approximate surface area is 228 Å². The summed E-state index contributed by atoms with van der Waals surface area (Å²) < 4.78 is 8.48. The Morgan fingerprint density at radius 3 is 2.49 bits per heavy atom. The van der Waals surface area contributed by atoms with Gasteiger partial charge in [0, 0.05) is 30.2 Å². The van der Waals surface area contributed by atoms with Crippen molar-refractivity contribution in [2.75, 3.05) is 11.1 Å². The molecule has 7 nitrogen and oxygen atoms in total. The van der Waals surface area contributed by atoms with Crippen LogP contribution in [0.25, 0.3) is 28.2 Å². The number of nitrogen functional groups attached to an aromatic ring is 1. The number of rotatable bonds is 7. The molecule has 5 aromatic rings. The van der Waals surface area contributed by atoms with Crippen LogP contribution in [0, 0.1) is 25.2 Å². The minimum absolute atomic E-state index is 0.410. The SMILES string of the molecule is CC/C=C\c1c(N)cccc1-c1cc(C)c(Oc2nc(Nc3ccc(C#N)cc3)nc3ccn(C)c23)c(C)c1. The second-order valence-corrected chi connectivity index (χ2v) is 9.49. The Hall–Kier alpha value is -5.09. The molecule has 7 heteroatoms. The second-order valence-electron chi connectivity index (χ2n) is 9.49. The molecule has 0 bridgehead atoms. The maximum Gasteiger partial charge on any atom is 0.249 e. The van der Waals surface area contributed by atoms with E-state index in [1.807, 2.05) is 62.0 Å². The molecule has 0 amide bonds. The van der Waals surface area contributed by atoms with Crippen molar-refractivity contribution in [1.82, 2.24) is 14.5 Å². The van der Waals surface area contributed by atoms with E-state index >= 15 is 0 Å². The predicted octanol–water partition coefficient (Wildman–Crippen LogP) is 7.67. The van der Waals surface area contributed by atoms with Gasteiger partial charge in [0.2, 0.25) is 11.8 Å². The molecule has 2 aromatic heterocycles. The lowest BCUT2D eigenvalue weighted by atomic mass is 9.94. The maximum absolute atomic E-state index is 9.08. The number of nitrogens with zero attached hydrogens (tertiary/aromatic N) is 4. The third-order valence-corrected chi connectivity index (χ3v) is 6.59. The van der Waals surface area contributed by atoms with E-state index in [1.54, 1.807) is 12.1 Å².